The maximum Gasteiger partial charge on any atom is 0.0949 e. The Labute approximate surface area is 127 Å². The second-order valence-corrected chi connectivity index (χ2v) is 6.32. The van der Waals surface area contributed by atoms with Crippen LogP contribution in [-0.2, 0) is 6.42 Å². The predicted molar refractivity (Wildman–Crippen MR) is 83.7 cm³/mol. The van der Waals surface area contributed by atoms with E-state index in [1.165, 1.54) is 32.1 Å². The molecule has 0 radical (unpaired) electrons. The maximum absolute atomic E-state index is 10.2. The van der Waals surface area contributed by atoms with Gasteiger partial charge in [0.25, 0.3) is 0 Å². The van der Waals surface area contributed by atoms with Crippen molar-refractivity contribution in [3.05, 3.63) is 30.1 Å². The van der Waals surface area contributed by atoms with Crippen LogP contribution in [0.15, 0.2) is 24.4 Å². The Bertz CT molecular complexity index is 393. The number of pyridine rings is 1. The van der Waals surface area contributed by atoms with E-state index in [1.807, 2.05) is 18.2 Å². The van der Waals surface area contributed by atoms with Crippen LogP contribution in [0.1, 0.15) is 50.6 Å². The lowest BCUT2D eigenvalue weighted by atomic mass is 9.83. The first-order chi connectivity index (χ1) is 10.2. The summed E-state index contributed by atoms with van der Waals surface area (Å²) in [5.41, 5.74) is 7.03. The van der Waals surface area contributed by atoms with Crippen LogP contribution < -0.4 is 5.73 Å². The quantitative estimate of drug-likeness (QED) is 0.718. The molecule has 1 aliphatic carbocycles. The zero-order valence-corrected chi connectivity index (χ0v) is 12.7. The van der Waals surface area contributed by atoms with Gasteiger partial charge in [-0.05, 0) is 37.3 Å². The highest BCUT2D eigenvalue weighted by Crippen LogP contribution is 2.28. The van der Waals surface area contributed by atoms with Crippen molar-refractivity contribution in [1.29, 1.82) is 0 Å². The lowest BCUT2D eigenvalue weighted by Gasteiger charge is -2.29. The molecular weight excluding hydrogens is 264 g/mol. The molecule has 1 saturated carbocycles. The van der Waals surface area contributed by atoms with Crippen LogP contribution in [0.5, 0.6) is 0 Å². The number of aliphatic hydroxyl groups excluding tert-OH is 2. The topological polar surface area (TPSA) is 79.4 Å². The normalized spacial score (nSPS) is 20.9. The molecule has 0 aliphatic heterocycles. The highest BCUT2D eigenvalue weighted by atomic mass is 16.3. The van der Waals surface area contributed by atoms with Crippen molar-refractivity contribution >= 4 is 0 Å². The first kappa shape index (κ1) is 16.4. The number of nitrogens with two attached hydrogens (primary N) is 1. The third kappa shape index (κ3) is 5.38. The van der Waals surface area contributed by atoms with Crippen molar-refractivity contribution < 1.29 is 10.2 Å². The molecule has 0 saturated heterocycles. The second-order valence-electron chi connectivity index (χ2n) is 6.32. The fraction of sp³-hybridized carbons (Fsp3) is 0.706. The van der Waals surface area contributed by atoms with Crippen LogP contribution >= 0.6 is 0 Å². The number of hydrogen-bond donors (Lipinski definition) is 3. The van der Waals surface area contributed by atoms with Gasteiger partial charge in [0, 0.05) is 17.9 Å². The molecule has 3 atom stereocenters. The molecule has 0 amide bonds. The van der Waals surface area contributed by atoms with Crippen LogP contribution in [0.25, 0.3) is 0 Å². The summed E-state index contributed by atoms with van der Waals surface area (Å²) in [6.45, 7) is 0. The highest BCUT2D eigenvalue weighted by molar-refractivity contribution is 5.03. The van der Waals surface area contributed by atoms with E-state index < -0.39 is 12.2 Å². The number of aryl methyl sites for hydroxylation is 1. The van der Waals surface area contributed by atoms with Gasteiger partial charge < -0.3 is 15.9 Å². The van der Waals surface area contributed by atoms with E-state index in [1.54, 1.807) is 6.20 Å². The Balaban J connectivity index is 1.73. The fourth-order valence-electron chi connectivity index (χ4n) is 3.25. The minimum absolute atomic E-state index is 0.327. The number of aromatic nitrogens is 1. The Hall–Kier alpha value is -0.970. The molecule has 118 valence electrons. The standard InChI is InChI=1S/C17H28N2O2/c18-15(12-13-6-2-1-3-7-13)17(21)16(20)10-9-14-8-4-5-11-19-14/h4-5,8,11,13,15-17,20-21H,1-3,6-7,9-10,12,18H2. The number of rotatable bonds is 7. The van der Waals surface area contributed by atoms with E-state index in [2.05, 4.69) is 4.98 Å². The molecule has 0 aromatic carbocycles. The monoisotopic (exact) mass is 292 g/mol. The van der Waals surface area contributed by atoms with Crippen molar-refractivity contribution in [1.82, 2.24) is 4.98 Å². The first-order valence-electron chi connectivity index (χ1n) is 8.18. The summed E-state index contributed by atoms with van der Waals surface area (Å²) < 4.78 is 0. The van der Waals surface area contributed by atoms with E-state index in [0.29, 0.717) is 18.8 Å². The molecule has 1 heterocycles. The number of hydrogen-bond acceptors (Lipinski definition) is 4. The van der Waals surface area contributed by atoms with E-state index in [4.69, 9.17) is 5.73 Å². The smallest absolute Gasteiger partial charge is 0.0949 e. The van der Waals surface area contributed by atoms with Crippen LogP contribution in [0.2, 0.25) is 0 Å². The molecule has 3 unspecified atom stereocenters. The van der Waals surface area contributed by atoms with Crippen molar-refractivity contribution in [2.75, 3.05) is 0 Å². The van der Waals surface area contributed by atoms with Crippen molar-refractivity contribution in [3.8, 4) is 0 Å². The predicted octanol–water partition coefficient (Wildman–Crippen LogP) is 2.03. The third-order valence-electron chi connectivity index (χ3n) is 4.59. The van der Waals surface area contributed by atoms with Crippen molar-refractivity contribution in [2.24, 2.45) is 11.7 Å². The lowest BCUT2D eigenvalue weighted by Crippen LogP contribution is -2.44. The zero-order valence-electron chi connectivity index (χ0n) is 12.7. The molecule has 1 aliphatic rings. The zero-order chi connectivity index (χ0) is 15.1. The van der Waals surface area contributed by atoms with Gasteiger partial charge in [-0.1, -0.05) is 38.2 Å². The van der Waals surface area contributed by atoms with E-state index in [-0.39, 0.29) is 6.04 Å². The van der Waals surface area contributed by atoms with E-state index >= 15 is 0 Å². The second kappa shape index (κ2) is 8.47. The molecule has 4 heteroatoms. The summed E-state index contributed by atoms with van der Waals surface area (Å²) in [6.07, 6.45) is 8.41. The van der Waals surface area contributed by atoms with Gasteiger partial charge in [0.15, 0.2) is 0 Å². The van der Waals surface area contributed by atoms with Gasteiger partial charge in [-0.3, -0.25) is 4.98 Å². The van der Waals surface area contributed by atoms with Crippen molar-refractivity contribution in [2.45, 2.75) is 69.6 Å². The molecule has 21 heavy (non-hydrogen) atoms. The Morgan fingerprint density at radius 1 is 1.19 bits per heavy atom. The summed E-state index contributed by atoms with van der Waals surface area (Å²) in [5, 5.41) is 20.3. The minimum atomic E-state index is -0.837. The van der Waals surface area contributed by atoms with Crippen LogP contribution in [0.4, 0.5) is 0 Å². The summed E-state index contributed by atoms with van der Waals surface area (Å²) in [5.74, 6) is 0.617. The molecule has 1 aromatic rings. The SMILES string of the molecule is NC(CC1CCCCC1)C(O)C(O)CCc1ccccn1. The highest BCUT2D eigenvalue weighted by Gasteiger charge is 2.26. The Morgan fingerprint density at radius 2 is 1.95 bits per heavy atom. The van der Waals surface area contributed by atoms with Gasteiger partial charge in [-0.15, -0.1) is 0 Å². The van der Waals surface area contributed by atoms with Crippen LogP contribution in [0, 0.1) is 5.92 Å². The molecule has 1 aromatic heterocycles. The Morgan fingerprint density at radius 3 is 2.62 bits per heavy atom. The minimum Gasteiger partial charge on any atom is -0.390 e. The average molecular weight is 292 g/mol. The van der Waals surface area contributed by atoms with Gasteiger partial charge in [0.1, 0.15) is 0 Å². The lowest BCUT2D eigenvalue weighted by molar-refractivity contribution is -0.00559. The van der Waals surface area contributed by atoms with Crippen LogP contribution in [-0.4, -0.2) is 33.4 Å². The summed E-state index contributed by atoms with van der Waals surface area (Å²) in [4.78, 5) is 4.22. The van der Waals surface area contributed by atoms with E-state index in [0.717, 1.165) is 12.1 Å². The molecule has 1 fully saturated rings. The molecule has 0 bridgehead atoms. The number of aliphatic hydroxyl groups is 2. The van der Waals surface area contributed by atoms with Gasteiger partial charge in [-0.2, -0.15) is 0 Å². The molecule has 0 spiro atoms. The van der Waals surface area contributed by atoms with Crippen molar-refractivity contribution in [3.63, 3.8) is 0 Å². The molecule has 4 nitrogen and oxygen atoms in total. The fourth-order valence-corrected chi connectivity index (χ4v) is 3.25. The van der Waals surface area contributed by atoms with Gasteiger partial charge in [-0.25, -0.2) is 0 Å². The number of nitrogens with zero attached hydrogens (tertiary/aromatic N) is 1. The molecule has 4 N–H and O–H groups in total. The molecular formula is C17H28N2O2. The summed E-state index contributed by atoms with van der Waals surface area (Å²) in [7, 11) is 0. The van der Waals surface area contributed by atoms with Gasteiger partial charge >= 0.3 is 0 Å². The molecule has 2 rings (SSSR count). The largest absolute Gasteiger partial charge is 0.390 e. The van der Waals surface area contributed by atoms with Gasteiger partial charge in [0.05, 0.1) is 12.2 Å². The van der Waals surface area contributed by atoms with Crippen LogP contribution in [0.3, 0.4) is 0 Å². The van der Waals surface area contributed by atoms with Gasteiger partial charge in [0.2, 0.25) is 0 Å². The van der Waals surface area contributed by atoms with E-state index in [9.17, 15) is 10.2 Å². The maximum atomic E-state index is 10.2. The summed E-state index contributed by atoms with van der Waals surface area (Å²) in [6, 6.07) is 5.41. The summed E-state index contributed by atoms with van der Waals surface area (Å²) >= 11 is 0. The first-order valence-corrected chi connectivity index (χ1v) is 8.18. The third-order valence-corrected chi connectivity index (χ3v) is 4.59. The average Bonchev–Trinajstić information content (AvgIpc) is 2.53. The Kier molecular flexibility index (Phi) is 6.61.